The molecule has 0 bridgehead atoms. The Labute approximate surface area is 255 Å². The Morgan fingerprint density at radius 2 is 1.07 bits per heavy atom. The first-order valence-electron chi connectivity index (χ1n) is 14.9. The maximum atomic E-state index is 13.4. The number of allylic oxidation sites excluding steroid dienone is 2. The predicted octanol–water partition coefficient (Wildman–Crippen LogP) is 5.42. The minimum atomic E-state index is -0.0875. The summed E-state index contributed by atoms with van der Waals surface area (Å²) in [6.45, 7) is 10.1. The summed E-state index contributed by atoms with van der Waals surface area (Å²) in [4.78, 5) is 41.5. The molecular formula is C34H44N2O7. The number of Topliss-reactive ketones (excluding diaryl/α,β-unsaturated/α-hetero) is 1. The molecule has 0 atom stereocenters. The molecule has 0 aromatic heterocycles. The van der Waals surface area contributed by atoms with Crippen LogP contribution in [0.2, 0.25) is 0 Å². The van der Waals surface area contributed by atoms with Gasteiger partial charge in [-0.1, -0.05) is 12.1 Å². The van der Waals surface area contributed by atoms with E-state index in [2.05, 4.69) is 0 Å². The summed E-state index contributed by atoms with van der Waals surface area (Å²) in [5, 5.41) is 0. The highest BCUT2D eigenvalue weighted by molar-refractivity contribution is 6.14. The summed E-state index contributed by atoms with van der Waals surface area (Å²) in [7, 11) is 3.09. The molecule has 2 aromatic rings. The summed E-state index contributed by atoms with van der Waals surface area (Å²) in [6, 6.07) is 10.8. The number of nitrogens with zero attached hydrogens (tertiary/aromatic N) is 2. The zero-order chi connectivity index (χ0) is 31.4. The zero-order valence-corrected chi connectivity index (χ0v) is 26.2. The number of carbonyl (C=O) groups is 3. The minimum Gasteiger partial charge on any atom is -0.493 e. The van der Waals surface area contributed by atoms with Crippen molar-refractivity contribution in [3.8, 4) is 23.0 Å². The monoisotopic (exact) mass is 592 g/mol. The van der Waals surface area contributed by atoms with Crippen molar-refractivity contribution in [2.24, 2.45) is 0 Å². The van der Waals surface area contributed by atoms with Crippen molar-refractivity contribution in [1.82, 2.24) is 9.80 Å². The summed E-state index contributed by atoms with van der Waals surface area (Å²) in [5.41, 5.74) is 3.05. The number of benzene rings is 2. The predicted molar refractivity (Wildman–Crippen MR) is 168 cm³/mol. The largest absolute Gasteiger partial charge is 0.493 e. The van der Waals surface area contributed by atoms with Crippen LogP contribution in [0.3, 0.4) is 0 Å². The Balaban J connectivity index is 1.74. The molecule has 3 rings (SSSR count). The second-order valence-electron chi connectivity index (χ2n) is 10.1. The van der Waals surface area contributed by atoms with Crippen molar-refractivity contribution in [1.29, 1.82) is 0 Å². The van der Waals surface area contributed by atoms with E-state index in [0.717, 1.165) is 17.5 Å². The molecule has 9 nitrogen and oxygen atoms in total. The zero-order valence-electron chi connectivity index (χ0n) is 26.2. The molecule has 43 heavy (non-hydrogen) atoms. The molecule has 9 heteroatoms. The van der Waals surface area contributed by atoms with Gasteiger partial charge in [0.05, 0.1) is 14.2 Å². The van der Waals surface area contributed by atoms with Crippen molar-refractivity contribution >= 4 is 29.7 Å². The number of methoxy groups -OCH3 is 2. The molecule has 0 spiro atoms. The number of hydrogen-bond donors (Lipinski definition) is 0. The van der Waals surface area contributed by atoms with Crippen molar-refractivity contribution in [3.05, 3.63) is 58.7 Å². The third-order valence-electron chi connectivity index (χ3n) is 7.47. The van der Waals surface area contributed by atoms with E-state index in [9.17, 15) is 14.4 Å². The number of ether oxygens (including phenoxy) is 4. The summed E-state index contributed by atoms with van der Waals surface area (Å²) in [6.07, 6.45) is 5.96. The van der Waals surface area contributed by atoms with Gasteiger partial charge in [-0.2, -0.15) is 0 Å². The molecule has 2 aromatic carbocycles. The van der Waals surface area contributed by atoms with Gasteiger partial charge in [0.15, 0.2) is 42.0 Å². The molecule has 0 N–H and O–H groups in total. The molecule has 0 unspecified atom stereocenters. The topological polar surface area (TPSA) is 94.6 Å². The van der Waals surface area contributed by atoms with Gasteiger partial charge in [0.25, 0.3) is 11.8 Å². The summed E-state index contributed by atoms with van der Waals surface area (Å²) >= 11 is 0. The average molecular weight is 593 g/mol. The Morgan fingerprint density at radius 3 is 1.42 bits per heavy atom. The Morgan fingerprint density at radius 1 is 0.674 bits per heavy atom. The molecule has 0 aliphatic heterocycles. The van der Waals surface area contributed by atoms with Crippen LogP contribution in [0.4, 0.5) is 0 Å². The van der Waals surface area contributed by atoms with Crippen molar-refractivity contribution in [2.75, 3.05) is 53.6 Å². The molecule has 0 radical (unpaired) electrons. The van der Waals surface area contributed by atoms with Crippen LogP contribution >= 0.6 is 0 Å². The number of hydrogen-bond acceptors (Lipinski definition) is 7. The van der Waals surface area contributed by atoms with Gasteiger partial charge in [0, 0.05) is 37.3 Å². The molecule has 1 aliphatic carbocycles. The molecule has 0 heterocycles. The molecule has 1 fully saturated rings. The fourth-order valence-electron chi connectivity index (χ4n) is 4.98. The average Bonchev–Trinajstić information content (AvgIpc) is 3.02. The number of rotatable bonds is 14. The second-order valence-corrected chi connectivity index (χ2v) is 10.1. The number of carbonyl (C=O) groups excluding carboxylic acids is 3. The van der Waals surface area contributed by atoms with Gasteiger partial charge in [-0.05, 0) is 94.5 Å². The molecule has 2 amide bonds. The van der Waals surface area contributed by atoms with Crippen LogP contribution in [0, 0.1) is 0 Å². The third kappa shape index (κ3) is 8.86. The summed E-state index contributed by atoms with van der Waals surface area (Å²) in [5.74, 6) is 1.76. The number of amides is 2. The van der Waals surface area contributed by atoms with Crippen LogP contribution in [0.5, 0.6) is 23.0 Å². The van der Waals surface area contributed by atoms with Gasteiger partial charge in [-0.15, -0.1) is 0 Å². The van der Waals surface area contributed by atoms with E-state index in [-0.39, 0.29) is 30.8 Å². The van der Waals surface area contributed by atoms with Gasteiger partial charge >= 0.3 is 0 Å². The normalized spacial score (nSPS) is 14.9. The lowest BCUT2D eigenvalue weighted by Gasteiger charge is -2.20. The molecular weight excluding hydrogens is 548 g/mol. The van der Waals surface area contributed by atoms with Gasteiger partial charge in [0.2, 0.25) is 0 Å². The molecule has 1 aliphatic rings. The minimum absolute atomic E-state index is 0.000486. The van der Waals surface area contributed by atoms with E-state index in [0.29, 0.717) is 73.2 Å². The third-order valence-corrected chi connectivity index (χ3v) is 7.47. The smallest absolute Gasteiger partial charge is 0.260 e. The van der Waals surface area contributed by atoms with Crippen LogP contribution in [-0.2, 0) is 14.4 Å². The quantitative estimate of drug-likeness (QED) is 0.271. The Kier molecular flexibility index (Phi) is 12.7. The van der Waals surface area contributed by atoms with E-state index in [1.54, 1.807) is 36.2 Å². The lowest BCUT2D eigenvalue weighted by atomic mass is 9.87. The first kappa shape index (κ1) is 33.2. The van der Waals surface area contributed by atoms with Crippen molar-refractivity contribution in [2.45, 2.75) is 47.0 Å². The van der Waals surface area contributed by atoms with Gasteiger partial charge in [-0.3, -0.25) is 14.4 Å². The van der Waals surface area contributed by atoms with Crippen LogP contribution in [0.1, 0.15) is 58.1 Å². The van der Waals surface area contributed by atoms with Crippen LogP contribution in [0.15, 0.2) is 47.5 Å². The second kappa shape index (κ2) is 16.4. The molecule has 1 saturated carbocycles. The highest BCUT2D eigenvalue weighted by Crippen LogP contribution is 2.33. The maximum Gasteiger partial charge on any atom is 0.260 e. The fourth-order valence-corrected chi connectivity index (χ4v) is 4.98. The van der Waals surface area contributed by atoms with Gasteiger partial charge < -0.3 is 28.7 Å². The SMILES string of the molecule is CCN(CC)C(=O)COc1ccc(/C=C2\CCC/C(=C\c3ccc(OCC(=O)N(CC)CC)c(OC)c3)C2=O)cc1OC. The van der Waals surface area contributed by atoms with Gasteiger partial charge in [-0.25, -0.2) is 0 Å². The summed E-state index contributed by atoms with van der Waals surface area (Å²) < 4.78 is 22.5. The highest BCUT2D eigenvalue weighted by Gasteiger charge is 2.21. The molecule has 0 saturated heterocycles. The standard InChI is InChI=1S/C34H44N2O7/c1-7-35(8-2)32(37)22-42-28-16-14-24(20-30(28)40-5)18-26-12-11-13-27(34(26)39)19-25-15-17-29(31(21-25)41-6)43-23-33(38)36(9-3)10-4/h14-21H,7-13,22-23H2,1-6H3/b26-18+,27-19+. The van der Waals surface area contributed by atoms with E-state index >= 15 is 0 Å². The van der Waals surface area contributed by atoms with E-state index in [4.69, 9.17) is 18.9 Å². The highest BCUT2D eigenvalue weighted by atomic mass is 16.5. The van der Waals surface area contributed by atoms with E-state index < -0.39 is 0 Å². The van der Waals surface area contributed by atoms with E-state index in [1.807, 2.05) is 64.1 Å². The number of ketones is 1. The van der Waals surface area contributed by atoms with Crippen molar-refractivity contribution in [3.63, 3.8) is 0 Å². The van der Waals surface area contributed by atoms with E-state index in [1.165, 1.54) is 0 Å². The lowest BCUT2D eigenvalue weighted by molar-refractivity contribution is -0.133. The van der Waals surface area contributed by atoms with Crippen LogP contribution < -0.4 is 18.9 Å². The maximum absolute atomic E-state index is 13.4. The first-order chi connectivity index (χ1) is 20.8. The van der Waals surface area contributed by atoms with Crippen LogP contribution in [-0.4, -0.2) is 81.0 Å². The van der Waals surface area contributed by atoms with Crippen molar-refractivity contribution < 1.29 is 33.3 Å². The van der Waals surface area contributed by atoms with Crippen LogP contribution in [0.25, 0.3) is 12.2 Å². The Bertz CT molecular complexity index is 1240. The first-order valence-corrected chi connectivity index (χ1v) is 14.9. The van der Waals surface area contributed by atoms with Gasteiger partial charge in [0.1, 0.15) is 0 Å². The Hall–Kier alpha value is -4.27. The molecule has 232 valence electrons. The fraction of sp³-hybridized carbons (Fsp3) is 0.441. The lowest BCUT2D eigenvalue weighted by Crippen LogP contribution is -2.34. The number of likely N-dealkylation sites (N-methyl/N-ethyl adjacent to an activating group) is 2.